The summed E-state index contributed by atoms with van der Waals surface area (Å²) in [6, 6.07) is 11.2. The zero-order valence-corrected chi connectivity index (χ0v) is 10.0. The first-order valence-electron chi connectivity index (χ1n) is 4.27. The van der Waals surface area contributed by atoms with E-state index < -0.39 is 0 Å². The Morgan fingerprint density at radius 3 is 2.53 bits per heavy atom. The summed E-state index contributed by atoms with van der Waals surface area (Å²) < 4.78 is 5.93. The van der Waals surface area contributed by atoms with Crippen molar-refractivity contribution in [3.63, 3.8) is 0 Å². The van der Waals surface area contributed by atoms with Crippen molar-refractivity contribution < 1.29 is 4.42 Å². The summed E-state index contributed by atoms with van der Waals surface area (Å²) in [5, 5.41) is 0.725. The van der Waals surface area contributed by atoms with Crippen molar-refractivity contribution in [2.75, 3.05) is 0 Å². The van der Waals surface area contributed by atoms with Crippen LogP contribution in [0.25, 0.3) is 0 Å². The van der Waals surface area contributed by atoms with Crippen LogP contribution in [0.3, 0.4) is 0 Å². The second kappa shape index (κ2) is 4.84. The molecule has 0 aliphatic rings. The molecule has 2 aromatic rings. The lowest BCUT2D eigenvalue weighted by Gasteiger charge is -2.00. The molecular formula is C11H7ClOS2. The van der Waals surface area contributed by atoms with Gasteiger partial charge in [0, 0.05) is 9.92 Å². The monoisotopic (exact) mass is 254 g/mol. The average molecular weight is 255 g/mol. The Hall–Kier alpha value is -0.770. The topological polar surface area (TPSA) is 13.1 Å². The second-order valence-corrected chi connectivity index (χ2v) is 5.01. The van der Waals surface area contributed by atoms with Crippen molar-refractivity contribution in [1.29, 1.82) is 0 Å². The maximum atomic E-state index is 5.79. The van der Waals surface area contributed by atoms with Gasteiger partial charge in [-0.25, -0.2) is 0 Å². The fourth-order valence-corrected chi connectivity index (χ4v) is 2.29. The van der Waals surface area contributed by atoms with Crippen molar-refractivity contribution in [1.82, 2.24) is 0 Å². The van der Waals surface area contributed by atoms with Gasteiger partial charge in [-0.2, -0.15) is 0 Å². The number of hydrogen-bond acceptors (Lipinski definition) is 3. The highest BCUT2D eigenvalue weighted by molar-refractivity contribution is 8.23. The van der Waals surface area contributed by atoms with Crippen molar-refractivity contribution in [3.8, 4) is 0 Å². The number of halogens is 1. The third-order valence-electron chi connectivity index (χ3n) is 1.75. The molecule has 0 aliphatic carbocycles. The lowest BCUT2D eigenvalue weighted by Crippen LogP contribution is -1.87. The Morgan fingerprint density at radius 1 is 1.20 bits per heavy atom. The minimum Gasteiger partial charge on any atom is -0.463 e. The van der Waals surface area contributed by atoms with Gasteiger partial charge in [0.1, 0.15) is 4.20 Å². The van der Waals surface area contributed by atoms with Crippen LogP contribution in [0.2, 0.25) is 5.02 Å². The van der Waals surface area contributed by atoms with Crippen LogP contribution in [0.5, 0.6) is 0 Å². The molecule has 15 heavy (non-hydrogen) atoms. The summed E-state index contributed by atoms with van der Waals surface area (Å²) in [5.41, 5.74) is 0. The summed E-state index contributed by atoms with van der Waals surface area (Å²) in [4.78, 5) is 1.06. The number of rotatable bonds is 2. The summed E-state index contributed by atoms with van der Waals surface area (Å²) in [6.07, 6.45) is 1.62. The average Bonchev–Trinajstić information content (AvgIpc) is 2.74. The Morgan fingerprint density at radius 2 is 1.93 bits per heavy atom. The molecule has 4 heteroatoms. The van der Waals surface area contributed by atoms with E-state index in [0.29, 0.717) is 0 Å². The standard InChI is InChI=1S/C11H7ClOS2/c12-8-3-5-9(6-4-8)15-11(14)10-2-1-7-13-10/h1-7H. The molecule has 0 spiro atoms. The molecule has 0 aliphatic heterocycles. The summed E-state index contributed by atoms with van der Waals surface area (Å²) in [6.45, 7) is 0. The van der Waals surface area contributed by atoms with E-state index in [1.54, 1.807) is 6.26 Å². The van der Waals surface area contributed by atoms with Crippen molar-refractivity contribution in [3.05, 3.63) is 53.4 Å². The Labute approximate surface area is 102 Å². The Bertz CT molecular complexity index is 448. The van der Waals surface area contributed by atoms with E-state index in [2.05, 4.69) is 0 Å². The van der Waals surface area contributed by atoms with Crippen LogP contribution in [0.1, 0.15) is 5.76 Å². The van der Waals surface area contributed by atoms with Gasteiger partial charge in [-0.1, -0.05) is 35.6 Å². The lowest BCUT2D eigenvalue weighted by atomic mass is 10.4. The van der Waals surface area contributed by atoms with E-state index in [9.17, 15) is 0 Å². The molecule has 1 nitrogen and oxygen atoms in total. The molecular weight excluding hydrogens is 248 g/mol. The Kier molecular flexibility index (Phi) is 3.46. The predicted molar refractivity (Wildman–Crippen MR) is 67.7 cm³/mol. The van der Waals surface area contributed by atoms with E-state index in [4.69, 9.17) is 28.2 Å². The quantitative estimate of drug-likeness (QED) is 0.583. The van der Waals surface area contributed by atoms with Gasteiger partial charge in [0.2, 0.25) is 0 Å². The molecule has 2 rings (SSSR count). The fourth-order valence-electron chi connectivity index (χ4n) is 1.05. The van der Waals surface area contributed by atoms with Crippen LogP contribution in [0.4, 0.5) is 0 Å². The second-order valence-electron chi connectivity index (χ2n) is 2.82. The van der Waals surface area contributed by atoms with Crippen molar-refractivity contribution >= 4 is 39.8 Å². The first-order chi connectivity index (χ1) is 7.25. The van der Waals surface area contributed by atoms with Crippen LogP contribution < -0.4 is 0 Å². The zero-order valence-electron chi connectivity index (χ0n) is 7.64. The molecule has 0 unspecified atom stereocenters. The van der Waals surface area contributed by atoms with Gasteiger partial charge >= 0.3 is 0 Å². The van der Waals surface area contributed by atoms with E-state index in [1.165, 1.54) is 11.8 Å². The minimum absolute atomic E-state index is 0.724. The van der Waals surface area contributed by atoms with Crippen LogP contribution in [-0.2, 0) is 0 Å². The number of benzene rings is 1. The van der Waals surface area contributed by atoms with Gasteiger partial charge in [-0.05, 0) is 36.4 Å². The molecule has 0 saturated carbocycles. The maximum Gasteiger partial charge on any atom is 0.151 e. The van der Waals surface area contributed by atoms with Gasteiger partial charge in [0.05, 0.1) is 6.26 Å². The third-order valence-corrected chi connectivity index (χ3v) is 3.34. The van der Waals surface area contributed by atoms with E-state index >= 15 is 0 Å². The van der Waals surface area contributed by atoms with Gasteiger partial charge in [-0.15, -0.1) is 0 Å². The molecule has 1 aromatic carbocycles. The summed E-state index contributed by atoms with van der Waals surface area (Å²) >= 11 is 12.5. The molecule has 0 bridgehead atoms. The summed E-state index contributed by atoms with van der Waals surface area (Å²) in [7, 11) is 0. The van der Waals surface area contributed by atoms with E-state index in [1.807, 2.05) is 36.4 Å². The highest BCUT2D eigenvalue weighted by Crippen LogP contribution is 2.25. The van der Waals surface area contributed by atoms with E-state index in [0.717, 1.165) is 19.9 Å². The molecule has 0 radical (unpaired) electrons. The van der Waals surface area contributed by atoms with Crippen LogP contribution in [-0.4, -0.2) is 4.20 Å². The smallest absolute Gasteiger partial charge is 0.151 e. The van der Waals surface area contributed by atoms with Crippen LogP contribution in [0, 0.1) is 0 Å². The van der Waals surface area contributed by atoms with Crippen molar-refractivity contribution in [2.24, 2.45) is 0 Å². The lowest BCUT2D eigenvalue weighted by molar-refractivity contribution is 0.561. The molecule has 1 aromatic heterocycles. The molecule has 76 valence electrons. The number of hydrogen-bond donors (Lipinski definition) is 0. The largest absolute Gasteiger partial charge is 0.463 e. The minimum atomic E-state index is 0.724. The highest BCUT2D eigenvalue weighted by atomic mass is 35.5. The number of furan rings is 1. The normalized spacial score (nSPS) is 10.2. The number of thiocarbonyl (C=S) groups is 1. The molecule has 0 amide bonds. The van der Waals surface area contributed by atoms with Gasteiger partial charge in [0.15, 0.2) is 5.76 Å². The van der Waals surface area contributed by atoms with Gasteiger partial charge < -0.3 is 4.42 Å². The number of thioether (sulfide) groups is 1. The fraction of sp³-hybridized carbons (Fsp3) is 0. The maximum absolute atomic E-state index is 5.79. The first kappa shape index (κ1) is 10.7. The van der Waals surface area contributed by atoms with Crippen molar-refractivity contribution in [2.45, 2.75) is 4.90 Å². The molecule has 0 fully saturated rings. The van der Waals surface area contributed by atoms with E-state index in [-0.39, 0.29) is 0 Å². The van der Waals surface area contributed by atoms with Gasteiger partial charge in [-0.3, -0.25) is 0 Å². The predicted octanol–water partition coefficient (Wildman–Crippen LogP) is 4.40. The third kappa shape index (κ3) is 2.84. The van der Waals surface area contributed by atoms with Gasteiger partial charge in [0.25, 0.3) is 0 Å². The molecule has 1 heterocycles. The highest BCUT2D eigenvalue weighted by Gasteiger charge is 2.05. The molecule has 0 N–H and O–H groups in total. The molecule has 0 atom stereocenters. The van der Waals surface area contributed by atoms with Crippen LogP contribution >= 0.6 is 35.6 Å². The Balaban J connectivity index is 2.09. The zero-order chi connectivity index (χ0) is 10.7. The first-order valence-corrected chi connectivity index (χ1v) is 5.87. The SMILES string of the molecule is S=C(Sc1ccc(Cl)cc1)c1ccco1. The summed E-state index contributed by atoms with van der Waals surface area (Å²) in [5.74, 6) is 0.727. The van der Waals surface area contributed by atoms with Crippen LogP contribution in [0.15, 0.2) is 52.0 Å². The molecule has 0 saturated heterocycles.